The van der Waals surface area contributed by atoms with Crippen LogP contribution in [0.15, 0.2) is 79.0 Å². The Labute approximate surface area is 173 Å². The Morgan fingerprint density at radius 2 is 1.28 bits per heavy atom. The molecular formula is C24H26BNO3. The number of ether oxygens (including phenoxy) is 1. The molecule has 4 nitrogen and oxygen atoms in total. The molecule has 3 aromatic rings. The van der Waals surface area contributed by atoms with Gasteiger partial charge in [0, 0.05) is 11.7 Å². The van der Waals surface area contributed by atoms with Crippen molar-refractivity contribution in [3.63, 3.8) is 0 Å². The summed E-state index contributed by atoms with van der Waals surface area (Å²) in [6.07, 6.45) is 1.54. The second-order valence-corrected chi connectivity index (χ2v) is 8.34. The van der Waals surface area contributed by atoms with Crippen LogP contribution in [0.3, 0.4) is 0 Å². The summed E-state index contributed by atoms with van der Waals surface area (Å²) in [5.74, 6) is 0.558. The van der Waals surface area contributed by atoms with Crippen molar-refractivity contribution in [3.05, 3.63) is 90.1 Å². The third-order valence-corrected chi connectivity index (χ3v) is 5.73. The second-order valence-electron chi connectivity index (χ2n) is 8.34. The molecule has 148 valence electrons. The minimum absolute atomic E-state index is 0.229. The molecule has 5 heteroatoms. The summed E-state index contributed by atoms with van der Waals surface area (Å²) in [6, 6.07) is 24.2. The van der Waals surface area contributed by atoms with E-state index in [1.54, 1.807) is 6.20 Å². The molecule has 0 amide bonds. The topological polar surface area (TPSA) is 40.6 Å². The lowest BCUT2D eigenvalue weighted by atomic mass is 9.80. The van der Waals surface area contributed by atoms with Crippen LogP contribution in [0.4, 0.5) is 0 Å². The summed E-state index contributed by atoms with van der Waals surface area (Å²) >= 11 is 0. The zero-order valence-electron chi connectivity index (χ0n) is 17.3. The molecule has 4 rings (SSSR count). The Bertz CT molecular complexity index is 887. The number of hydrogen-bond donors (Lipinski definition) is 0. The van der Waals surface area contributed by atoms with Crippen LogP contribution >= 0.6 is 0 Å². The maximum absolute atomic E-state index is 6.29. The zero-order valence-corrected chi connectivity index (χ0v) is 17.3. The number of hydrogen-bond acceptors (Lipinski definition) is 4. The molecule has 0 radical (unpaired) electrons. The maximum Gasteiger partial charge on any atom is 0.496 e. The fourth-order valence-electron chi connectivity index (χ4n) is 3.28. The molecule has 1 saturated heterocycles. The molecule has 1 aliphatic rings. The van der Waals surface area contributed by atoms with Gasteiger partial charge in [0.1, 0.15) is 0 Å². The standard InChI is InChI=1S/C24H26BNO3/c1-23(2)24(3,4)29-25(28-23)20-15-16-21(26-17-20)27-22(18-11-7-5-8-12-18)19-13-9-6-10-14-19/h5-17,22H,1-4H3. The van der Waals surface area contributed by atoms with Crippen LogP contribution < -0.4 is 10.2 Å². The van der Waals surface area contributed by atoms with Crippen LogP contribution in [-0.2, 0) is 9.31 Å². The monoisotopic (exact) mass is 387 g/mol. The van der Waals surface area contributed by atoms with Crippen molar-refractivity contribution >= 4 is 12.6 Å². The van der Waals surface area contributed by atoms with Crippen molar-refractivity contribution in [2.24, 2.45) is 0 Å². The van der Waals surface area contributed by atoms with Crippen LogP contribution in [0.1, 0.15) is 44.9 Å². The quantitative estimate of drug-likeness (QED) is 0.603. The molecule has 0 N–H and O–H groups in total. The van der Waals surface area contributed by atoms with Crippen LogP contribution in [-0.4, -0.2) is 23.3 Å². The van der Waals surface area contributed by atoms with Gasteiger partial charge in [0.2, 0.25) is 5.88 Å². The molecule has 1 aromatic heterocycles. The van der Waals surface area contributed by atoms with Gasteiger partial charge < -0.3 is 14.0 Å². The molecule has 2 aromatic carbocycles. The first-order valence-corrected chi connectivity index (χ1v) is 9.94. The molecular weight excluding hydrogens is 361 g/mol. The highest BCUT2D eigenvalue weighted by Crippen LogP contribution is 2.36. The molecule has 1 fully saturated rings. The number of benzene rings is 2. The summed E-state index contributed by atoms with van der Waals surface area (Å²) in [5, 5.41) is 0. The molecule has 1 aliphatic heterocycles. The first-order valence-electron chi connectivity index (χ1n) is 9.94. The van der Waals surface area contributed by atoms with Crippen molar-refractivity contribution in [1.29, 1.82) is 0 Å². The van der Waals surface area contributed by atoms with Crippen LogP contribution in [0, 0.1) is 0 Å². The number of rotatable bonds is 5. The van der Waals surface area contributed by atoms with Gasteiger partial charge >= 0.3 is 7.12 Å². The normalized spacial score (nSPS) is 17.5. The lowest BCUT2D eigenvalue weighted by Crippen LogP contribution is -2.41. The van der Waals surface area contributed by atoms with Gasteiger partial charge in [0.05, 0.1) is 11.2 Å². The first kappa shape index (κ1) is 19.7. The van der Waals surface area contributed by atoms with E-state index in [2.05, 4.69) is 29.2 Å². The molecule has 0 atom stereocenters. The van der Waals surface area contributed by atoms with E-state index in [0.717, 1.165) is 16.6 Å². The van der Waals surface area contributed by atoms with E-state index < -0.39 is 7.12 Å². The van der Waals surface area contributed by atoms with E-state index in [1.165, 1.54) is 0 Å². The molecule has 0 aliphatic carbocycles. The highest BCUT2D eigenvalue weighted by atomic mass is 16.7. The van der Waals surface area contributed by atoms with Gasteiger partial charge in [-0.1, -0.05) is 66.7 Å². The average Bonchev–Trinajstić information content (AvgIpc) is 2.95. The van der Waals surface area contributed by atoms with E-state index in [-0.39, 0.29) is 17.3 Å². The lowest BCUT2D eigenvalue weighted by molar-refractivity contribution is 0.00578. The molecule has 29 heavy (non-hydrogen) atoms. The van der Waals surface area contributed by atoms with Crippen LogP contribution in [0.25, 0.3) is 0 Å². The Hall–Kier alpha value is -2.63. The molecule has 0 saturated carbocycles. The van der Waals surface area contributed by atoms with E-state index in [4.69, 9.17) is 14.0 Å². The van der Waals surface area contributed by atoms with Gasteiger partial charge in [-0.2, -0.15) is 0 Å². The lowest BCUT2D eigenvalue weighted by Gasteiger charge is -2.32. The third kappa shape index (κ3) is 4.07. The van der Waals surface area contributed by atoms with Gasteiger partial charge in [-0.3, -0.25) is 0 Å². The summed E-state index contributed by atoms with van der Waals surface area (Å²) in [7, 11) is -0.430. The maximum atomic E-state index is 6.29. The largest absolute Gasteiger partial charge is 0.496 e. The van der Waals surface area contributed by atoms with Gasteiger partial charge in [-0.05, 0) is 44.9 Å². The Morgan fingerprint density at radius 3 is 1.72 bits per heavy atom. The van der Waals surface area contributed by atoms with E-state index >= 15 is 0 Å². The van der Waals surface area contributed by atoms with Gasteiger partial charge in [0.15, 0.2) is 6.10 Å². The van der Waals surface area contributed by atoms with E-state index in [0.29, 0.717) is 5.88 Å². The van der Waals surface area contributed by atoms with E-state index in [9.17, 15) is 0 Å². The van der Waals surface area contributed by atoms with Gasteiger partial charge in [-0.15, -0.1) is 0 Å². The summed E-state index contributed by atoms with van der Waals surface area (Å²) in [5.41, 5.74) is 2.29. The fourth-order valence-corrected chi connectivity index (χ4v) is 3.28. The summed E-state index contributed by atoms with van der Waals surface area (Å²) in [6.45, 7) is 8.18. The highest BCUT2D eigenvalue weighted by Gasteiger charge is 2.51. The second kappa shape index (κ2) is 7.66. The molecule has 0 bridgehead atoms. The minimum Gasteiger partial charge on any atom is -0.465 e. The summed E-state index contributed by atoms with van der Waals surface area (Å²) in [4.78, 5) is 4.53. The molecule has 0 spiro atoms. The number of aromatic nitrogens is 1. The molecule has 0 unspecified atom stereocenters. The fraction of sp³-hybridized carbons (Fsp3) is 0.292. The highest BCUT2D eigenvalue weighted by molar-refractivity contribution is 6.62. The SMILES string of the molecule is CC1(C)OB(c2ccc(OC(c3ccccc3)c3ccccc3)nc2)OC1(C)C. The van der Waals surface area contributed by atoms with Crippen molar-refractivity contribution in [3.8, 4) is 5.88 Å². The summed E-state index contributed by atoms with van der Waals surface area (Å²) < 4.78 is 18.5. The van der Waals surface area contributed by atoms with Crippen molar-refractivity contribution < 1.29 is 14.0 Å². The first-order chi connectivity index (χ1) is 13.9. The Balaban J connectivity index is 1.55. The predicted molar refractivity (Wildman–Crippen MR) is 115 cm³/mol. The zero-order chi connectivity index (χ0) is 20.5. The van der Waals surface area contributed by atoms with Crippen LogP contribution in [0.5, 0.6) is 5.88 Å². The van der Waals surface area contributed by atoms with Gasteiger partial charge in [-0.25, -0.2) is 4.98 Å². The number of nitrogens with zero attached hydrogens (tertiary/aromatic N) is 1. The number of pyridine rings is 1. The van der Waals surface area contributed by atoms with Crippen LogP contribution in [0.2, 0.25) is 0 Å². The third-order valence-electron chi connectivity index (χ3n) is 5.73. The van der Waals surface area contributed by atoms with Crippen molar-refractivity contribution in [2.75, 3.05) is 0 Å². The Kier molecular flexibility index (Phi) is 5.20. The van der Waals surface area contributed by atoms with Crippen molar-refractivity contribution in [1.82, 2.24) is 4.98 Å². The average molecular weight is 387 g/mol. The molecule has 2 heterocycles. The minimum atomic E-state index is -0.430. The van der Waals surface area contributed by atoms with E-state index in [1.807, 2.05) is 76.2 Å². The van der Waals surface area contributed by atoms with Crippen molar-refractivity contribution in [2.45, 2.75) is 45.0 Å². The smallest absolute Gasteiger partial charge is 0.465 e. The predicted octanol–water partition coefficient (Wildman–Crippen LogP) is 4.55. The van der Waals surface area contributed by atoms with Gasteiger partial charge in [0.25, 0.3) is 0 Å². The Morgan fingerprint density at radius 1 is 0.759 bits per heavy atom.